The van der Waals surface area contributed by atoms with Crippen LogP contribution >= 0.6 is 0 Å². The number of phenolic OH excluding ortho intramolecular Hbond substituents is 1. The number of likely N-dealkylation sites (N-methyl/N-ethyl adjacent to an activating group) is 1. The molecule has 1 aliphatic heterocycles. The summed E-state index contributed by atoms with van der Waals surface area (Å²) in [5.41, 5.74) is 1.60. The van der Waals surface area contributed by atoms with E-state index in [1.54, 1.807) is 24.3 Å². The molecule has 7 nitrogen and oxygen atoms in total. The van der Waals surface area contributed by atoms with Gasteiger partial charge in [0.1, 0.15) is 5.75 Å². The van der Waals surface area contributed by atoms with Crippen molar-refractivity contribution in [2.24, 2.45) is 5.92 Å². The minimum Gasteiger partial charge on any atom is -0.506 e. The summed E-state index contributed by atoms with van der Waals surface area (Å²) in [6, 6.07) is 17.0. The van der Waals surface area contributed by atoms with Crippen molar-refractivity contribution >= 4 is 17.5 Å². The van der Waals surface area contributed by atoms with Crippen molar-refractivity contribution < 1.29 is 14.7 Å². The first-order valence-electron chi connectivity index (χ1n) is 10.7. The molecule has 1 atom stereocenters. The monoisotopic (exact) mass is 424 g/mol. The molecule has 1 aliphatic rings. The minimum atomic E-state index is -0.116. The van der Waals surface area contributed by atoms with Gasteiger partial charge in [0.05, 0.1) is 18.3 Å². The molecule has 0 saturated carbocycles. The number of nitrogens with one attached hydrogen (secondary N) is 2. The Hall–Kier alpha value is -2.90. The summed E-state index contributed by atoms with van der Waals surface area (Å²) in [7, 11) is 4.02. The highest BCUT2D eigenvalue weighted by molar-refractivity contribution is 5.93. The number of nitrogens with zero attached hydrogens (tertiary/aromatic N) is 2. The molecule has 7 heteroatoms. The van der Waals surface area contributed by atoms with Gasteiger partial charge < -0.3 is 20.6 Å². The van der Waals surface area contributed by atoms with Crippen LogP contribution in [0.1, 0.15) is 24.4 Å². The van der Waals surface area contributed by atoms with E-state index in [4.69, 9.17) is 0 Å². The molecular weight excluding hydrogens is 392 g/mol. The second-order valence-electron chi connectivity index (χ2n) is 8.25. The molecule has 0 radical (unpaired) electrons. The fourth-order valence-electron chi connectivity index (χ4n) is 3.91. The van der Waals surface area contributed by atoms with E-state index < -0.39 is 0 Å². The summed E-state index contributed by atoms with van der Waals surface area (Å²) in [6.07, 6.45) is 1.38. The Kier molecular flexibility index (Phi) is 8.03. The van der Waals surface area contributed by atoms with Gasteiger partial charge in [-0.25, -0.2) is 0 Å². The van der Waals surface area contributed by atoms with Crippen LogP contribution in [-0.4, -0.2) is 67.0 Å². The smallest absolute Gasteiger partial charge is 0.234 e. The van der Waals surface area contributed by atoms with E-state index in [9.17, 15) is 14.7 Å². The first kappa shape index (κ1) is 22.8. The number of rotatable bonds is 8. The van der Waals surface area contributed by atoms with E-state index >= 15 is 0 Å². The number of aromatic hydroxyl groups is 1. The maximum absolute atomic E-state index is 12.5. The number of likely N-dealkylation sites (tertiary alicyclic amines) is 1. The van der Waals surface area contributed by atoms with Gasteiger partial charge in [0, 0.05) is 12.5 Å². The lowest BCUT2D eigenvalue weighted by molar-refractivity contribution is -0.123. The van der Waals surface area contributed by atoms with Crippen molar-refractivity contribution in [1.82, 2.24) is 15.1 Å². The van der Waals surface area contributed by atoms with Crippen LogP contribution in [0.5, 0.6) is 5.75 Å². The first-order chi connectivity index (χ1) is 14.9. The fraction of sp³-hybridized carbons (Fsp3) is 0.417. The number of para-hydroxylation sites is 2. The van der Waals surface area contributed by atoms with Crippen LogP contribution in [0.25, 0.3) is 0 Å². The van der Waals surface area contributed by atoms with Crippen molar-refractivity contribution in [2.75, 3.05) is 45.6 Å². The normalized spacial score (nSPS) is 16.1. The Morgan fingerprint density at radius 3 is 2.35 bits per heavy atom. The number of carbonyl (C=O) groups excluding carboxylic acids is 2. The van der Waals surface area contributed by atoms with Crippen LogP contribution < -0.4 is 10.6 Å². The predicted octanol–water partition coefficient (Wildman–Crippen LogP) is 2.46. The van der Waals surface area contributed by atoms with Crippen LogP contribution in [0.3, 0.4) is 0 Å². The number of amides is 2. The standard InChI is InChI=1S/C24H32N4O3/c1-27(2)21(18-8-4-3-5-9-18)16-25-23(30)17-28-14-12-19(13-15-28)24(31)26-20-10-6-7-11-22(20)29/h3-11,19,21,29H,12-17H2,1-2H3,(H,25,30)(H,26,31). The molecule has 3 rings (SSSR count). The van der Waals surface area contributed by atoms with Crippen LogP contribution in [0.4, 0.5) is 5.69 Å². The highest BCUT2D eigenvalue weighted by atomic mass is 16.3. The SMILES string of the molecule is CN(C)C(CNC(=O)CN1CCC(C(=O)Nc2ccccc2O)CC1)c1ccccc1. The van der Waals surface area contributed by atoms with Crippen LogP contribution in [0.2, 0.25) is 0 Å². The number of hydrogen-bond acceptors (Lipinski definition) is 5. The molecule has 0 aromatic heterocycles. The molecule has 2 aromatic rings. The average Bonchev–Trinajstić information content (AvgIpc) is 2.76. The number of piperidine rings is 1. The summed E-state index contributed by atoms with van der Waals surface area (Å²) in [5.74, 6) is -0.131. The van der Waals surface area contributed by atoms with Crippen LogP contribution in [0, 0.1) is 5.92 Å². The molecule has 0 aliphatic carbocycles. The molecule has 2 aromatic carbocycles. The zero-order valence-electron chi connectivity index (χ0n) is 18.3. The van der Waals surface area contributed by atoms with Crippen molar-refractivity contribution in [3.63, 3.8) is 0 Å². The third kappa shape index (κ3) is 6.54. The van der Waals surface area contributed by atoms with Crippen molar-refractivity contribution in [1.29, 1.82) is 0 Å². The topological polar surface area (TPSA) is 84.9 Å². The van der Waals surface area contributed by atoms with Gasteiger partial charge in [0.25, 0.3) is 0 Å². The molecule has 0 bridgehead atoms. The molecule has 1 fully saturated rings. The van der Waals surface area contributed by atoms with Gasteiger partial charge in [0.15, 0.2) is 0 Å². The Morgan fingerprint density at radius 1 is 1.06 bits per heavy atom. The zero-order chi connectivity index (χ0) is 22.2. The van der Waals surface area contributed by atoms with Gasteiger partial charge in [0.2, 0.25) is 11.8 Å². The van der Waals surface area contributed by atoms with Gasteiger partial charge in [-0.05, 0) is 57.7 Å². The van der Waals surface area contributed by atoms with Gasteiger partial charge in [-0.1, -0.05) is 42.5 Å². The second kappa shape index (κ2) is 10.9. The van der Waals surface area contributed by atoms with E-state index in [1.807, 2.05) is 32.3 Å². The van der Waals surface area contributed by atoms with E-state index in [0.717, 1.165) is 0 Å². The average molecular weight is 425 g/mol. The Balaban J connectivity index is 1.42. The molecular formula is C24H32N4O3. The van der Waals surface area contributed by atoms with Crippen molar-refractivity contribution in [3.8, 4) is 5.75 Å². The Bertz CT molecular complexity index is 864. The molecule has 0 spiro atoms. The van der Waals surface area contributed by atoms with Crippen LogP contribution in [-0.2, 0) is 9.59 Å². The molecule has 166 valence electrons. The number of benzene rings is 2. The number of anilines is 1. The molecule has 1 unspecified atom stereocenters. The molecule has 31 heavy (non-hydrogen) atoms. The molecule has 1 saturated heterocycles. The largest absolute Gasteiger partial charge is 0.506 e. The van der Waals surface area contributed by atoms with Crippen molar-refractivity contribution in [2.45, 2.75) is 18.9 Å². The quantitative estimate of drug-likeness (QED) is 0.567. The van der Waals surface area contributed by atoms with E-state index in [2.05, 4.69) is 32.6 Å². The number of carbonyl (C=O) groups is 2. The lowest BCUT2D eigenvalue weighted by Crippen LogP contribution is -2.44. The highest BCUT2D eigenvalue weighted by Crippen LogP contribution is 2.24. The van der Waals surface area contributed by atoms with E-state index in [1.165, 1.54) is 5.56 Å². The second-order valence-corrected chi connectivity index (χ2v) is 8.25. The highest BCUT2D eigenvalue weighted by Gasteiger charge is 2.26. The van der Waals surface area contributed by atoms with Gasteiger partial charge in [-0.3, -0.25) is 14.5 Å². The zero-order valence-corrected chi connectivity index (χ0v) is 18.3. The van der Waals surface area contributed by atoms with Gasteiger partial charge in [-0.2, -0.15) is 0 Å². The summed E-state index contributed by atoms with van der Waals surface area (Å²) < 4.78 is 0. The first-order valence-corrected chi connectivity index (χ1v) is 10.7. The molecule has 3 N–H and O–H groups in total. The van der Waals surface area contributed by atoms with Crippen LogP contribution in [0.15, 0.2) is 54.6 Å². The third-order valence-electron chi connectivity index (χ3n) is 5.79. The maximum Gasteiger partial charge on any atom is 0.234 e. The lowest BCUT2D eigenvalue weighted by Gasteiger charge is -2.31. The Labute approximate surface area is 184 Å². The minimum absolute atomic E-state index is 0.000101. The van der Waals surface area contributed by atoms with E-state index in [0.29, 0.717) is 44.7 Å². The summed E-state index contributed by atoms with van der Waals surface area (Å²) in [4.78, 5) is 29.2. The fourth-order valence-corrected chi connectivity index (χ4v) is 3.91. The summed E-state index contributed by atoms with van der Waals surface area (Å²) in [5, 5.41) is 15.7. The summed E-state index contributed by atoms with van der Waals surface area (Å²) in [6.45, 7) is 2.28. The van der Waals surface area contributed by atoms with E-state index in [-0.39, 0.29) is 29.5 Å². The maximum atomic E-state index is 12.5. The summed E-state index contributed by atoms with van der Waals surface area (Å²) >= 11 is 0. The van der Waals surface area contributed by atoms with Gasteiger partial charge in [-0.15, -0.1) is 0 Å². The predicted molar refractivity (Wildman–Crippen MR) is 122 cm³/mol. The molecule has 1 heterocycles. The number of hydrogen-bond donors (Lipinski definition) is 3. The van der Waals surface area contributed by atoms with Gasteiger partial charge >= 0.3 is 0 Å². The lowest BCUT2D eigenvalue weighted by atomic mass is 9.95. The molecule has 2 amide bonds. The van der Waals surface area contributed by atoms with Crippen molar-refractivity contribution in [3.05, 3.63) is 60.2 Å². The number of phenols is 1. The third-order valence-corrected chi connectivity index (χ3v) is 5.79. The Morgan fingerprint density at radius 2 is 1.71 bits per heavy atom.